The lowest BCUT2D eigenvalue weighted by molar-refractivity contribution is -0.393. The highest BCUT2D eigenvalue weighted by Crippen LogP contribution is 2.42. The number of hydrogen-bond acceptors (Lipinski definition) is 10. The largest absolute Gasteiger partial charge is 0.612 e. The standard InChI is InChI=1S/C26H24N2O11S/c1-36-17-12-23(38-3)18(24(13-17)39-4)7-8-40(35)14-15-5-6-22(37-2)19(9-15)25-20(26(29)30)10-16(27(31)32)11-21(25)28(33)34/h5-13H,14H2,1-4H3,(H,29,30). The van der Waals surface area contributed by atoms with E-state index in [1.807, 2.05) is 0 Å². The van der Waals surface area contributed by atoms with E-state index in [1.54, 1.807) is 24.3 Å². The Morgan fingerprint density at radius 1 is 0.900 bits per heavy atom. The van der Waals surface area contributed by atoms with Gasteiger partial charge >= 0.3 is 5.97 Å². The summed E-state index contributed by atoms with van der Waals surface area (Å²) in [5, 5.41) is 34.3. The van der Waals surface area contributed by atoms with Crippen LogP contribution in [0.25, 0.3) is 17.2 Å². The lowest BCUT2D eigenvalue weighted by atomic mass is 9.95. The van der Waals surface area contributed by atoms with Crippen LogP contribution in [-0.4, -0.2) is 53.9 Å². The molecule has 210 valence electrons. The van der Waals surface area contributed by atoms with Gasteiger partial charge in [0, 0.05) is 35.4 Å². The molecule has 0 aliphatic rings. The van der Waals surface area contributed by atoms with Crippen LogP contribution in [-0.2, 0) is 16.9 Å². The summed E-state index contributed by atoms with van der Waals surface area (Å²) in [7, 11) is 5.70. The first-order chi connectivity index (χ1) is 19.0. The quantitative estimate of drug-likeness (QED) is 0.178. The minimum atomic E-state index is -1.61. The zero-order valence-corrected chi connectivity index (χ0v) is 22.6. The molecule has 0 aliphatic heterocycles. The van der Waals surface area contributed by atoms with Crippen LogP contribution >= 0.6 is 0 Å². The second-order valence-corrected chi connectivity index (χ2v) is 9.34. The molecule has 13 nitrogen and oxygen atoms in total. The average Bonchev–Trinajstić information content (AvgIpc) is 2.94. The van der Waals surface area contributed by atoms with E-state index in [4.69, 9.17) is 18.9 Å². The van der Waals surface area contributed by atoms with Crippen LogP contribution in [0.4, 0.5) is 11.4 Å². The van der Waals surface area contributed by atoms with Crippen LogP contribution in [0, 0.1) is 20.2 Å². The number of benzene rings is 3. The Morgan fingerprint density at radius 3 is 2.02 bits per heavy atom. The SMILES string of the molecule is COc1cc(OC)c(C=C[S+]([O-])Cc2ccc(OC)c(-c3c(C(=O)O)cc([N+](=O)[O-])cc3[N+](=O)[O-])c2)c(OC)c1. The molecule has 3 aromatic carbocycles. The van der Waals surface area contributed by atoms with E-state index in [0.717, 1.165) is 6.07 Å². The van der Waals surface area contributed by atoms with Gasteiger partial charge in [-0.3, -0.25) is 20.2 Å². The number of carbonyl (C=O) groups is 1. The highest BCUT2D eigenvalue weighted by molar-refractivity contribution is 7.93. The molecule has 3 rings (SSSR count). The number of aromatic carboxylic acids is 1. The number of rotatable bonds is 12. The normalized spacial score (nSPS) is 11.6. The molecule has 14 heteroatoms. The van der Waals surface area contributed by atoms with E-state index in [1.165, 1.54) is 46.0 Å². The fourth-order valence-corrected chi connectivity index (χ4v) is 4.80. The van der Waals surface area contributed by atoms with Crippen molar-refractivity contribution >= 4 is 34.6 Å². The molecule has 0 fully saturated rings. The van der Waals surface area contributed by atoms with Crippen LogP contribution in [0.2, 0.25) is 0 Å². The third-order valence-electron chi connectivity index (χ3n) is 5.72. The molecule has 0 radical (unpaired) electrons. The Bertz CT molecular complexity index is 1430. The highest BCUT2D eigenvalue weighted by Gasteiger charge is 2.30. The number of carboxylic acids is 1. The van der Waals surface area contributed by atoms with Gasteiger partial charge in [0.05, 0.1) is 61.0 Å². The van der Waals surface area contributed by atoms with Gasteiger partial charge in [-0.2, -0.15) is 0 Å². The fraction of sp³-hybridized carbons (Fsp3) is 0.192. The maximum atomic E-state index is 13.0. The van der Waals surface area contributed by atoms with Gasteiger partial charge in [-0.25, -0.2) is 4.79 Å². The summed E-state index contributed by atoms with van der Waals surface area (Å²) in [6.45, 7) is 0. The third-order valence-corrected chi connectivity index (χ3v) is 6.78. The van der Waals surface area contributed by atoms with Gasteiger partial charge in [0.15, 0.2) is 0 Å². The molecule has 0 bridgehead atoms. The Labute approximate surface area is 231 Å². The summed E-state index contributed by atoms with van der Waals surface area (Å²) < 4.78 is 34.3. The maximum Gasteiger partial charge on any atom is 0.336 e. The van der Waals surface area contributed by atoms with Gasteiger partial charge in [-0.05, 0) is 23.3 Å². The van der Waals surface area contributed by atoms with Crippen molar-refractivity contribution in [3.63, 3.8) is 0 Å². The van der Waals surface area contributed by atoms with Crippen LogP contribution in [0.3, 0.4) is 0 Å². The van der Waals surface area contributed by atoms with Crippen molar-refractivity contribution in [3.05, 3.63) is 84.8 Å². The average molecular weight is 573 g/mol. The number of non-ortho nitro benzene ring substituents is 1. The third kappa shape index (κ3) is 6.42. The predicted octanol–water partition coefficient (Wildman–Crippen LogP) is 4.82. The van der Waals surface area contributed by atoms with Crippen LogP contribution in [0.15, 0.2) is 47.9 Å². The first kappa shape index (κ1) is 29.7. The molecular weight excluding hydrogens is 548 g/mol. The Kier molecular flexibility index (Phi) is 9.53. The van der Waals surface area contributed by atoms with Crippen molar-refractivity contribution in [2.75, 3.05) is 28.4 Å². The van der Waals surface area contributed by atoms with E-state index >= 15 is 0 Å². The van der Waals surface area contributed by atoms with Crippen LogP contribution in [0.1, 0.15) is 21.5 Å². The molecule has 1 atom stereocenters. The molecule has 1 N–H and O–H groups in total. The van der Waals surface area contributed by atoms with E-state index in [9.17, 15) is 34.7 Å². The van der Waals surface area contributed by atoms with Gasteiger partial charge in [-0.1, -0.05) is 6.07 Å². The molecule has 40 heavy (non-hydrogen) atoms. The van der Waals surface area contributed by atoms with Crippen LogP contribution < -0.4 is 18.9 Å². The second kappa shape index (κ2) is 12.8. The zero-order valence-electron chi connectivity index (χ0n) is 21.7. The summed E-state index contributed by atoms with van der Waals surface area (Å²) in [5.74, 6) is -0.248. The van der Waals surface area contributed by atoms with Crippen molar-refractivity contribution in [3.8, 4) is 34.1 Å². The van der Waals surface area contributed by atoms with Crippen molar-refractivity contribution in [2.45, 2.75) is 5.75 Å². The number of ether oxygens (including phenoxy) is 4. The number of nitrogens with zero attached hydrogens (tertiary/aromatic N) is 2. The number of methoxy groups -OCH3 is 4. The molecule has 0 heterocycles. The van der Waals surface area contributed by atoms with Gasteiger partial charge in [0.1, 0.15) is 34.2 Å². The Hall–Kier alpha value is -4.82. The van der Waals surface area contributed by atoms with E-state index in [0.29, 0.717) is 34.4 Å². The number of nitro groups is 2. The molecule has 3 aromatic rings. The molecular formula is C26H24N2O11S. The molecule has 0 saturated heterocycles. The summed E-state index contributed by atoms with van der Waals surface area (Å²) in [5.41, 5.74) is -1.63. The molecule has 0 aromatic heterocycles. The molecule has 0 amide bonds. The van der Waals surface area contributed by atoms with Crippen molar-refractivity contribution < 1.29 is 43.2 Å². The first-order valence-corrected chi connectivity index (χ1v) is 12.7. The summed E-state index contributed by atoms with van der Waals surface area (Å²) in [6.07, 6.45) is 1.56. The monoisotopic (exact) mass is 572 g/mol. The summed E-state index contributed by atoms with van der Waals surface area (Å²) in [4.78, 5) is 33.3. The summed E-state index contributed by atoms with van der Waals surface area (Å²) in [6, 6.07) is 9.12. The van der Waals surface area contributed by atoms with Gasteiger partial charge in [0.25, 0.3) is 11.4 Å². The lowest BCUT2D eigenvalue weighted by Gasteiger charge is -2.14. The second-order valence-electron chi connectivity index (χ2n) is 8.01. The number of carboxylic acid groups (broad SMARTS) is 1. The van der Waals surface area contributed by atoms with Crippen LogP contribution in [0.5, 0.6) is 23.0 Å². The van der Waals surface area contributed by atoms with E-state index in [2.05, 4.69) is 0 Å². The van der Waals surface area contributed by atoms with Crippen molar-refractivity contribution in [1.82, 2.24) is 0 Å². The summed E-state index contributed by atoms with van der Waals surface area (Å²) >= 11 is -1.61. The predicted molar refractivity (Wildman–Crippen MR) is 146 cm³/mol. The topological polar surface area (TPSA) is 184 Å². The minimum absolute atomic E-state index is 0.00142. The van der Waals surface area contributed by atoms with Gasteiger partial charge < -0.3 is 28.6 Å². The van der Waals surface area contributed by atoms with Gasteiger partial charge in [0.2, 0.25) is 0 Å². The van der Waals surface area contributed by atoms with Crippen molar-refractivity contribution in [1.29, 1.82) is 0 Å². The van der Waals surface area contributed by atoms with E-state index < -0.39 is 43.9 Å². The Balaban J connectivity index is 2.06. The number of nitro benzene ring substituents is 2. The highest BCUT2D eigenvalue weighted by atomic mass is 32.2. The van der Waals surface area contributed by atoms with Crippen molar-refractivity contribution in [2.24, 2.45) is 0 Å². The van der Waals surface area contributed by atoms with E-state index in [-0.39, 0.29) is 22.6 Å². The Morgan fingerprint density at radius 2 is 1.52 bits per heavy atom. The molecule has 1 unspecified atom stereocenters. The molecule has 0 saturated carbocycles. The molecule has 0 aliphatic carbocycles. The van der Waals surface area contributed by atoms with Gasteiger partial charge in [-0.15, -0.1) is 0 Å². The molecule has 0 spiro atoms. The maximum absolute atomic E-state index is 13.0. The minimum Gasteiger partial charge on any atom is -0.612 e. The number of hydrogen-bond donors (Lipinski definition) is 1. The lowest BCUT2D eigenvalue weighted by Crippen LogP contribution is -2.07. The smallest absolute Gasteiger partial charge is 0.336 e. The zero-order chi connectivity index (χ0) is 29.6. The first-order valence-electron chi connectivity index (χ1n) is 11.3. The fourth-order valence-electron chi connectivity index (χ4n) is 3.91.